The van der Waals surface area contributed by atoms with Crippen LogP contribution in [0.2, 0.25) is 0 Å². The Morgan fingerprint density at radius 1 is 0.903 bits per heavy atom. The molecule has 1 heterocycles. The summed E-state index contributed by atoms with van der Waals surface area (Å²) in [5.41, 5.74) is 1.65. The Hall–Kier alpha value is -3.87. The second-order valence-corrected chi connectivity index (χ2v) is 6.94. The molecule has 0 aliphatic carbocycles. The molecule has 3 aromatic rings. The Kier molecular flexibility index (Phi) is 6.87. The molecular formula is C24H23NO6. The highest BCUT2D eigenvalue weighted by Crippen LogP contribution is 2.19. The number of aryl methyl sites for hydroxylation is 1. The molecule has 0 atom stereocenters. The summed E-state index contributed by atoms with van der Waals surface area (Å²) in [5, 5.41) is 0. The molecule has 0 saturated carbocycles. The maximum Gasteiger partial charge on any atom is 0.341 e. The number of hydrogen-bond acceptors (Lipinski definition) is 6. The van der Waals surface area contributed by atoms with Crippen LogP contribution in [0.5, 0.6) is 0 Å². The van der Waals surface area contributed by atoms with Crippen LogP contribution in [0.25, 0.3) is 0 Å². The second-order valence-electron chi connectivity index (χ2n) is 6.94. The Morgan fingerprint density at radius 3 is 2.23 bits per heavy atom. The first-order valence-corrected chi connectivity index (χ1v) is 9.64. The maximum atomic E-state index is 13.0. The van der Waals surface area contributed by atoms with Gasteiger partial charge in [-0.25, -0.2) is 9.59 Å². The quantitative estimate of drug-likeness (QED) is 0.536. The van der Waals surface area contributed by atoms with Crippen LogP contribution in [-0.2, 0) is 22.6 Å². The first-order valence-electron chi connectivity index (χ1n) is 9.64. The average Bonchev–Trinajstić information content (AvgIpc) is 3.17. The number of methoxy groups -OCH3 is 1. The van der Waals surface area contributed by atoms with E-state index < -0.39 is 11.9 Å². The largest absolute Gasteiger partial charge is 0.465 e. The van der Waals surface area contributed by atoms with Crippen molar-refractivity contribution in [2.75, 3.05) is 14.2 Å². The summed E-state index contributed by atoms with van der Waals surface area (Å²) in [6.45, 7) is 1.85. The van der Waals surface area contributed by atoms with E-state index in [1.54, 1.807) is 43.1 Å². The number of furan rings is 1. The lowest BCUT2D eigenvalue weighted by Crippen LogP contribution is -2.28. The predicted octanol–water partition coefficient (Wildman–Crippen LogP) is 4.00. The molecule has 0 N–H and O–H groups in total. The minimum absolute atomic E-state index is 0.156. The van der Waals surface area contributed by atoms with E-state index in [0.717, 1.165) is 5.56 Å². The monoisotopic (exact) mass is 421 g/mol. The number of amides is 1. The summed E-state index contributed by atoms with van der Waals surface area (Å²) in [7, 11) is 2.95. The van der Waals surface area contributed by atoms with E-state index in [-0.39, 0.29) is 29.2 Å². The average molecular weight is 421 g/mol. The van der Waals surface area contributed by atoms with E-state index in [1.165, 1.54) is 13.2 Å². The predicted molar refractivity (Wildman–Crippen MR) is 113 cm³/mol. The highest BCUT2D eigenvalue weighted by Gasteiger charge is 2.22. The summed E-state index contributed by atoms with van der Waals surface area (Å²) < 4.78 is 15.5. The number of rotatable bonds is 7. The van der Waals surface area contributed by atoms with Gasteiger partial charge in [0.25, 0.3) is 5.91 Å². The van der Waals surface area contributed by atoms with E-state index in [9.17, 15) is 14.4 Å². The van der Waals surface area contributed by atoms with Crippen LogP contribution in [0.1, 0.15) is 48.2 Å². The molecule has 0 spiro atoms. The number of carbonyl (C=O) groups is 3. The maximum absolute atomic E-state index is 13.0. The third-order valence-corrected chi connectivity index (χ3v) is 4.71. The number of benzene rings is 2. The summed E-state index contributed by atoms with van der Waals surface area (Å²) in [6.07, 6.45) is 0. The zero-order valence-electron chi connectivity index (χ0n) is 17.6. The minimum Gasteiger partial charge on any atom is -0.465 e. The molecule has 0 fully saturated rings. The number of ether oxygens (including phenoxy) is 2. The van der Waals surface area contributed by atoms with Crippen LogP contribution in [0.15, 0.2) is 65.1 Å². The van der Waals surface area contributed by atoms with Crippen molar-refractivity contribution in [3.8, 4) is 0 Å². The number of carbonyl (C=O) groups excluding carboxylic acids is 3. The molecular weight excluding hydrogens is 398 g/mol. The lowest BCUT2D eigenvalue weighted by Gasteiger charge is -2.19. The Labute approximate surface area is 180 Å². The van der Waals surface area contributed by atoms with Gasteiger partial charge in [-0.05, 0) is 30.7 Å². The highest BCUT2D eigenvalue weighted by molar-refractivity contribution is 6.05. The van der Waals surface area contributed by atoms with Crippen molar-refractivity contribution in [1.29, 1.82) is 0 Å². The zero-order valence-corrected chi connectivity index (χ0v) is 17.6. The van der Waals surface area contributed by atoms with Crippen LogP contribution < -0.4 is 0 Å². The van der Waals surface area contributed by atoms with Crippen LogP contribution >= 0.6 is 0 Å². The fourth-order valence-corrected chi connectivity index (χ4v) is 3.12. The summed E-state index contributed by atoms with van der Waals surface area (Å²) in [5.74, 6) is -0.813. The summed E-state index contributed by atoms with van der Waals surface area (Å²) in [6, 6.07) is 17.5. The van der Waals surface area contributed by atoms with Crippen molar-refractivity contribution < 1.29 is 28.3 Å². The second kappa shape index (κ2) is 9.75. The van der Waals surface area contributed by atoms with Gasteiger partial charge < -0.3 is 18.8 Å². The van der Waals surface area contributed by atoms with Gasteiger partial charge in [0.15, 0.2) is 0 Å². The molecule has 0 saturated heterocycles. The molecule has 0 bridgehead atoms. The minimum atomic E-state index is -0.661. The molecule has 1 aromatic heterocycles. The molecule has 7 nitrogen and oxygen atoms in total. The van der Waals surface area contributed by atoms with Crippen LogP contribution in [0.3, 0.4) is 0 Å². The van der Waals surface area contributed by atoms with E-state index in [0.29, 0.717) is 18.1 Å². The molecule has 160 valence electrons. The van der Waals surface area contributed by atoms with E-state index in [4.69, 9.17) is 9.15 Å². The fourth-order valence-electron chi connectivity index (χ4n) is 3.12. The molecule has 0 aliphatic heterocycles. The van der Waals surface area contributed by atoms with Crippen molar-refractivity contribution in [2.45, 2.75) is 20.1 Å². The van der Waals surface area contributed by atoms with Crippen molar-refractivity contribution >= 4 is 17.8 Å². The molecule has 2 aromatic carbocycles. The van der Waals surface area contributed by atoms with Gasteiger partial charge >= 0.3 is 11.9 Å². The number of esters is 2. The van der Waals surface area contributed by atoms with Crippen molar-refractivity contribution in [2.24, 2.45) is 0 Å². The van der Waals surface area contributed by atoms with Gasteiger partial charge in [-0.3, -0.25) is 4.79 Å². The van der Waals surface area contributed by atoms with E-state index in [1.807, 2.05) is 30.3 Å². The van der Waals surface area contributed by atoms with Gasteiger partial charge in [-0.2, -0.15) is 0 Å². The van der Waals surface area contributed by atoms with Crippen LogP contribution in [0.4, 0.5) is 0 Å². The van der Waals surface area contributed by atoms with Gasteiger partial charge in [0, 0.05) is 13.6 Å². The Bertz CT molecular complexity index is 1090. The Morgan fingerprint density at radius 2 is 1.55 bits per heavy atom. The molecule has 7 heteroatoms. The van der Waals surface area contributed by atoms with Crippen LogP contribution in [0, 0.1) is 6.92 Å². The number of nitrogens with zero attached hydrogens (tertiary/aromatic N) is 1. The molecule has 0 unspecified atom stereocenters. The first kappa shape index (κ1) is 21.8. The molecule has 3 rings (SSSR count). The lowest BCUT2D eigenvalue weighted by atomic mass is 10.1. The first-order chi connectivity index (χ1) is 14.9. The smallest absolute Gasteiger partial charge is 0.341 e. The lowest BCUT2D eigenvalue weighted by molar-refractivity contribution is 0.0439. The van der Waals surface area contributed by atoms with Gasteiger partial charge in [0.1, 0.15) is 23.7 Å². The van der Waals surface area contributed by atoms with Crippen molar-refractivity contribution in [3.63, 3.8) is 0 Å². The number of hydrogen-bond donors (Lipinski definition) is 0. The zero-order chi connectivity index (χ0) is 22.4. The van der Waals surface area contributed by atoms with Crippen molar-refractivity contribution in [1.82, 2.24) is 4.90 Å². The third kappa shape index (κ3) is 5.19. The molecule has 1 amide bonds. The molecule has 0 radical (unpaired) electrons. The summed E-state index contributed by atoms with van der Waals surface area (Å²) >= 11 is 0. The Balaban J connectivity index is 1.71. The highest BCUT2D eigenvalue weighted by atomic mass is 16.5. The normalized spacial score (nSPS) is 10.4. The fraction of sp³-hybridized carbons (Fsp3) is 0.208. The van der Waals surface area contributed by atoms with Gasteiger partial charge in [-0.15, -0.1) is 0 Å². The van der Waals surface area contributed by atoms with E-state index in [2.05, 4.69) is 4.74 Å². The molecule has 0 aliphatic rings. The van der Waals surface area contributed by atoms with Crippen molar-refractivity contribution in [3.05, 3.63) is 94.4 Å². The summed E-state index contributed by atoms with van der Waals surface area (Å²) in [4.78, 5) is 38.9. The topological polar surface area (TPSA) is 86.0 Å². The van der Waals surface area contributed by atoms with Gasteiger partial charge in [0.2, 0.25) is 0 Å². The SMILES string of the molecule is COC(=O)c1cc(COC(=O)c2ccccc2C(=O)N(C)Cc2ccccc2)oc1C. The van der Waals surface area contributed by atoms with E-state index >= 15 is 0 Å². The van der Waals surface area contributed by atoms with Gasteiger partial charge in [0.05, 0.1) is 18.2 Å². The molecule has 31 heavy (non-hydrogen) atoms. The third-order valence-electron chi connectivity index (χ3n) is 4.71. The standard InChI is InChI=1S/C24H23NO6/c1-16-21(23(27)29-3)13-18(31-16)15-30-24(28)20-12-8-7-11-19(20)22(26)25(2)14-17-9-5-4-6-10-17/h4-13H,14-15H2,1-3H3. The van der Waals surface area contributed by atoms with Gasteiger partial charge in [-0.1, -0.05) is 42.5 Å². The van der Waals surface area contributed by atoms with Crippen LogP contribution in [-0.4, -0.2) is 36.9 Å².